The predicted molar refractivity (Wildman–Crippen MR) is 84.1 cm³/mol. The average Bonchev–Trinajstić information content (AvgIpc) is 2.36. The van der Waals surface area contributed by atoms with Crippen LogP contribution in [0.5, 0.6) is 0 Å². The lowest BCUT2D eigenvalue weighted by molar-refractivity contribution is -0.897. The molecule has 0 radical (unpaired) electrons. The van der Waals surface area contributed by atoms with Gasteiger partial charge in [0.2, 0.25) is 0 Å². The van der Waals surface area contributed by atoms with Crippen LogP contribution in [0.15, 0.2) is 12.1 Å². The Morgan fingerprint density at radius 2 is 1.80 bits per heavy atom. The Morgan fingerprint density at radius 1 is 1.25 bits per heavy atom. The molecule has 1 aromatic rings. The smallest absolute Gasteiger partial charge is 0.279 e. The molecule has 0 unspecified atom stereocenters. The highest BCUT2D eigenvalue weighted by atomic mass is 35.5. The molecule has 0 aromatic heterocycles. The van der Waals surface area contributed by atoms with E-state index in [1.165, 1.54) is 17.7 Å². The number of hydrogen-bond acceptors (Lipinski definition) is 1. The summed E-state index contributed by atoms with van der Waals surface area (Å²) in [5, 5.41) is 3.95. The largest absolute Gasteiger partial charge is 0.327 e. The Balaban J connectivity index is 1.95. The average molecular weight is 337 g/mol. The van der Waals surface area contributed by atoms with Gasteiger partial charge in [-0.25, -0.2) is 0 Å². The van der Waals surface area contributed by atoms with E-state index >= 15 is 0 Å². The Hall–Kier alpha value is -0.480. The molecular formula is C14H18Cl3N2O+. The van der Waals surface area contributed by atoms with E-state index in [4.69, 9.17) is 34.8 Å². The van der Waals surface area contributed by atoms with Crippen LogP contribution in [-0.2, 0) is 4.79 Å². The lowest BCUT2D eigenvalue weighted by atomic mass is 9.99. The number of halogens is 3. The standard InChI is InChI=1S/C14H17Cl3N2O/c1-9-2-4-19(5-3-9)8-13(20)18-14-11(16)6-10(15)7-12(14)17/h6-7,9H,2-5,8H2,1H3,(H,18,20)/p+1. The molecule has 1 aromatic carbocycles. The van der Waals surface area contributed by atoms with Crippen LogP contribution < -0.4 is 10.2 Å². The number of likely N-dealkylation sites (tertiary alicyclic amines) is 1. The Labute approximate surface area is 134 Å². The van der Waals surface area contributed by atoms with Crippen LogP contribution in [0.2, 0.25) is 15.1 Å². The maximum atomic E-state index is 12.1. The zero-order chi connectivity index (χ0) is 14.7. The van der Waals surface area contributed by atoms with Crippen LogP contribution in [0.3, 0.4) is 0 Å². The number of nitrogens with one attached hydrogen (secondary N) is 2. The summed E-state index contributed by atoms with van der Waals surface area (Å²) in [4.78, 5) is 13.4. The van der Waals surface area contributed by atoms with Crippen molar-refractivity contribution in [3.63, 3.8) is 0 Å². The van der Waals surface area contributed by atoms with Gasteiger partial charge in [-0.2, -0.15) is 0 Å². The first-order valence-corrected chi connectivity index (χ1v) is 7.87. The zero-order valence-corrected chi connectivity index (χ0v) is 13.6. The number of piperidine rings is 1. The van der Waals surface area contributed by atoms with Crippen LogP contribution >= 0.6 is 34.8 Å². The molecule has 6 heteroatoms. The van der Waals surface area contributed by atoms with Gasteiger partial charge in [0.15, 0.2) is 6.54 Å². The van der Waals surface area contributed by atoms with Crippen molar-refractivity contribution in [2.45, 2.75) is 19.8 Å². The highest BCUT2D eigenvalue weighted by Gasteiger charge is 2.22. The van der Waals surface area contributed by atoms with E-state index in [1.807, 2.05) is 0 Å². The number of carbonyl (C=O) groups is 1. The Bertz CT molecular complexity index is 476. The predicted octanol–water partition coefficient (Wildman–Crippen LogP) is 2.90. The van der Waals surface area contributed by atoms with Crippen molar-refractivity contribution in [3.05, 3.63) is 27.2 Å². The van der Waals surface area contributed by atoms with Crippen molar-refractivity contribution in [1.82, 2.24) is 0 Å². The molecule has 1 aliphatic heterocycles. The van der Waals surface area contributed by atoms with Crippen molar-refractivity contribution < 1.29 is 9.69 Å². The normalized spacial score (nSPS) is 22.6. The van der Waals surface area contributed by atoms with Crippen LogP contribution in [0.25, 0.3) is 0 Å². The van der Waals surface area contributed by atoms with Crippen molar-refractivity contribution in [2.24, 2.45) is 5.92 Å². The maximum Gasteiger partial charge on any atom is 0.279 e. The van der Waals surface area contributed by atoms with Gasteiger partial charge in [0.05, 0.1) is 28.8 Å². The van der Waals surface area contributed by atoms with Crippen LogP contribution in [-0.4, -0.2) is 25.5 Å². The fourth-order valence-electron chi connectivity index (χ4n) is 2.42. The summed E-state index contributed by atoms with van der Waals surface area (Å²) < 4.78 is 0. The summed E-state index contributed by atoms with van der Waals surface area (Å²) in [7, 11) is 0. The minimum Gasteiger partial charge on any atom is -0.327 e. The number of rotatable bonds is 3. The van der Waals surface area contributed by atoms with Gasteiger partial charge >= 0.3 is 0 Å². The van der Waals surface area contributed by atoms with Crippen LogP contribution in [0.4, 0.5) is 5.69 Å². The second-order valence-corrected chi connectivity index (χ2v) is 6.65. The molecule has 2 N–H and O–H groups in total. The molecule has 0 aliphatic carbocycles. The second kappa shape index (κ2) is 6.99. The lowest BCUT2D eigenvalue weighted by Gasteiger charge is -2.26. The minimum atomic E-state index is -0.0688. The van der Waals surface area contributed by atoms with Crippen molar-refractivity contribution >= 4 is 46.4 Å². The highest BCUT2D eigenvalue weighted by Crippen LogP contribution is 2.33. The van der Waals surface area contributed by atoms with Crippen molar-refractivity contribution in [2.75, 3.05) is 25.0 Å². The fourth-order valence-corrected chi connectivity index (χ4v) is 3.33. The minimum absolute atomic E-state index is 0.0688. The molecule has 110 valence electrons. The Kier molecular flexibility index (Phi) is 5.56. The van der Waals surface area contributed by atoms with E-state index in [9.17, 15) is 4.79 Å². The summed E-state index contributed by atoms with van der Waals surface area (Å²) in [6, 6.07) is 3.14. The first-order valence-electron chi connectivity index (χ1n) is 6.73. The molecule has 1 heterocycles. The molecule has 1 amide bonds. The molecule has 20 heavy (non-hydrogen) atoms. The number of carbonyl (C=O) groups excluding carboxylic acids is 1. The van der Waals surface area contributed by atoms with E-state index in [0.717, 1.165) is 19.0 Å². The molecule has 3 nitrogen and oxygen atoms in total. The fraction of sp³-hybridized carbons (Fsp3) is 0.500. The van der Waals surface area contributed by atoms with E-state index in [2.05, 4.69) is 12.2 Å². The monoisotopic (exact) mass is 335 g/mol. The summed E-state index contributed by atoms with van der Waals surface area (Å²) >= 11 is 17.9. The van der Waals surface area contributed by atoms with E-state index in [-0.39, 0.29) is 5.91 Å². The molecular weight excluding hydrogens is 319 g/mol. The molecule has 0 saturated carbocycles. The maximum absolute atomic E-state index is 12.1. The second-order valence-electron chi connectivity index (χ2n) is 5.40. The molecule has 1 saturated heterocycles. The van der Waals surface area contributed by atoms with Gasteiger partial charge < -0.3 is 10.2 Å². The third kappa shape index (κ3) is 4.26. The van der Waals surface area contributed by atoms with E-state index in [1.54, 1.807) is 12.1 Å². The number of benzene rings is 1. The highest BCUT2D eigenvalue weighted by molar-refractivity contribution is 6.42. The zero-order valence-electron chi connectivity index (χ0n) is 11.3. The first-order chi connectivity index (χ1) is 9.45. The third-order valence-electron chi connectivity index (χ3n) is 3.66. The van der Waals surface area contributed by atoms with E-state index in [0.29, 0.717) is 27.3 Å². The quantitative estimate of drug-likeness (QED) is 0.874. The van der Waals surface area contributed by atoms with Gasteiger partial charge in [-0.1, -0.05) is 41.7 Å². The molecule has 1 fully saturated rings. The van der Waals surface area contributed by atoms with Gasteiger partial charge in [0.1, 0.15) is 0 Å². The third-order valence-corrected chi connectivity index (χ3v) is 4.48. The number of anilines is 1. The molecule has 0 bridgehead atoms. The van der Waals surface area contributed by atoms with Crippen molar-refractivity contribution in [1.29, 1.82) is 0 Å². The summed E-state index contributed by atoms with van der Waals surface area (Å²) in [6.07, 6.45) is 2.34. The molecule has 1 aliphatic rings. The summed E-state index contributed by atoms with van der Waals surface area (Å²) in [5.41, 5.74) is 0.438. The summed E-state index contributed by atoms with van der Waals surface area (Å²) in [6.45, 7) is 4.78. The van der Waals surface area contributed by atoms with Crippen LogP contribution in [0.1, 0.15) is 19.8 Å². The molecule has 0 atom stereocenters. The van der Waals surface area contributed by atoms with Crippen molar-refractivity contribution in [3.8, 4) is 0 Å². The number of hydrogen-bond donors (Lipinski definition) is 2. The number of quaternary nitrogens is 1. The van der Waals surface area contributed by atoms with E-state index < -0.39 is 0 Å². The topological polar surface area (TPSA) is 33.5 Å². The lowest BCUT2D eigenvalue weighted by Crippen LogP contribution is -3.14. The van der Waals surface area contributed by atoms with Gasteiger partial charge in [0, 0.05) is 5.02 Å². The van der Waals surface area contributed by atoms with Gasteiger partial charge in [-0.3, -0.25) is 4.79 Å². The molecule has 0 spiro atoms. The molecule has 2 rings (SSSR count). The number of amides is 1. The SMILES string of the molecule is CC1CC[NH+](CC(=O)Nc2c(Cl)cc(Cl)cc2Cl)CC1. The summed E-state index contributed by atoms with van der Waals surface area (Å²) in [5.74, 6) is 0.697. The van der Waals surface area contributed by atoms with Gasteiger partial charge in [0.25, 0.3) is 5.91 Å². The van der Waals surface area contributed by atoms with Crippen LogP contribution in [0, 0.1) is 5.92 Å². The Morgan fingerprint density at radius 3 is 2.35 bits per heavy atom. The first kappa shape index (κ1) is 15.9. The van der Waals surface area contributed by atoms with Gasteiger partial charge in [-0.05, 0) is 30.9 Å². The van der Waals surface area contributed by atoms with Gasteiger partial charge in [-0.15, -0.1) is 0 Å².